The average molecular weight is 291 g/mol. The molecular formula is C15H21N3OS. The van der Waals surface area contributed by atoms with Gasteiger partial charge in [-0.15, -0.1) is 11.8 Å². The van der Waals surface area contributed by atoms with Crippen LogP contribution >= 0.6 is 11.8 Å². The van der Waals surface area contributed by atoms with E-state index in [1.807, 2.05) is 24.5 Å². The quantitative estimate of drug-likeness (QED) is 0.820. The van der Waals surface area contributed by atoms with Gasteiger partial charge in [0.25, 0.3) is 0 Å². The first kappa shape index (κ1) is 14.9. The summed E-state index contributed by atoms with van der Waals surface area (Å²) in [6, 6.07) is 5.77. The molecule has 0 spiro atoms. The molecule has 0 aliphatic heterocycles. The third-order valence-electron chi connectivity index (χ3n) is 3.05. The summed E-state index contributed by atoms with van der Waals surface area (Å²) >= 11 is 1.61. The van der Waals surface area contributed by atoms with Crippen molar-refractivity contribution in [2.45, 2.75) is 25.3 Å². The largest absolute Gasteiger partial charge is 0.497 e. The fraction of sp³-hybridized carbons (Fsp3) is 0.467. The summed E-state index contributed by atoms with van der Waals surface area (Å²) in [5.41, 5.74) is 1.75. The summed E-state index contributed by atoms with van der Waals surface area (Å²) in [6.45, 7) is 5.34. The first-order valence-corrected chi connectivity index (χ1v) is 8.00. The van der Waals surface area contributed by atoms with E-state index in [0.29, 0.717) is 5.92 Å². The second-order valence-corrected chi connectivity index (χ2v) is 5.84. The van der Waals surface area contributed by atoms with Crippen molar-refractivity contribution in [3.05, 3.63) is 18.2 Å². The highest BCUT2D eigenvalue weighted by atomic mass is 32.2. The molecule has 0 aliphatic rings. The predicted molar refractivity (Wildman–Crippen MR) is 85.8 cm³/mol. The number of rotatable bonds is 6. The van der Waals surface area contributed by atoms with E-state index in [2.05, 4.69) is 29.1 Å². The monoisotopic (exact) mass is 291 g/mol. The Balaban J connectivity index is 2.30. The van der Waals surface area contributed by atoms with E-state index in [0.717, 1.165) is 40.6 Å². The van der Waals surface area contributed by atoms with Crippen LogP contribution in [0.15, 0.2) is 23.2 Å². The highest BCUT2D eigenvalue weighted by Gasteiger charge is 2.08. The van der Waals surface area contributed by atoms with Crippen LogP contribution in [-0.4, -0.2) is 29.9 Å². The van der Waals surface area contributed by atoms with Gasteiger partial charge in [-0.1, -0.05) is 13.8 Å². The fourth-order valence-corrected chi connectivity index (χ4v) is 2.38. The lowest BCUT2D eigenvalue weighted by Crippen LogP contribution is -2.08. The molecule has 0 saturated carbocycles. The maximum atomic E-state index is 5.24. The van der Waals surface area contributed by atoms with E-state index in [-0.39, 0.29) is 0 Å². The number of methoxy groups -OCH3 is 1. The molecule has 4 nitrogen and oxygen atoms in total. The molecule has 0 saturated heterocycles. The highest BCUT2D eigenvalue weighted by Crippen LogP contribution is 2.26. The standard InChI is InChI=1S/C15H21N3OS/c1-10(2)7-8-16-14-15(20-4)18-12-6-5-11(19-3)9-13(12)17-14/h5-6,9-10H,7-8H2,1-4H3,(H,16,17). The number of thioether (sulfide) groups is 1. The van der Waals surface area contributed by atoms with Crippen LogP contribution in [0.3, 0.4) is 0 Å². The number of nitrogens with zero attached hydrogens (tertiary/aromatic N) is 2. The molecule has 1 heterocycles. The predicted octanol–water partition coefficient (Wildman–Crippen LogP) is 3.82. The Labute approximate surface area is 124 Å². The van der Waals surface area contributed by atoms with Crippen molar-refractivity contribution < 1.29 is 4.74 Å². The Morgan fingerprint density at radius 3 is 2.70 bits per heavy atom. The molecule has 0 unspecified atom stereocenters. The normalized spacial score (nSPS) is 11.1. The SMILES string of the molecule is COc1ccc2nc(SC)c(NCCC(C)C)nc2c1. The number of ether oxygens (including phenoxy) is 1. The molecule has 1 aromatic carbocycles. The molecule has 0 fully saturated rings. The molecule has 0 bridgehead atoms. The van der Waals surface area contributed by atoms with Crippen LogP contribution in [0.25, 0.3) is 11.0 Å². The molecule has 5 heteroatoms. The van der Waals surface area contributed by atoms with E-state index < -0.39 is 0 Å². The van der Waals surface area contributed by atoms with Crippen LogP contribution in [0.4, 0.5) is 5.82 Å². The van der Waals surface area contributed by atoms with E-state index in [1.165, 1.54) is 0 Å². The average Bonchev–Trinajstić information content (AvgIpc) is 2.45. The first-order chi connectivity index (χ1) is 9.63. The summed E-state index contributed by atoms with van der Waals surface area (Å²) < 4.78 is 5.24. The van der Waals surface area contributed by atoms with Gasteiger partial charge in [0.15, 0.2) is 5.82 Å². The molecule has 2 rings (SSSR count). The smallest absolute Gasteiger partial charge is 0.159 e. The van der Waals surface area contributed by atoms with Crippen LogP contribution in [-0.2, 0) is 0 Å². The fourth-order valence-electron chi connectivity index (χ4n) is 1.88. The van der Waals surface area contributed by atoms with Gasteiger partial charge in [-0.2, -0.15) is 0 Å². The van der Waals surface area contributed by atoms with E-state index in [1.54, 1.807) is 18.9 Å². The van der Waals surface area contributed by atoms with E-state index >= 15 is 0 Å². The molecular weight excluding hydrogens is 270 g/mol. The molecule has 0 aliphatic carbocycles. The molecule has 0 atom stereocenters. The number of benzene rings is 1. The van der Waals surface area contributed by atoms with Gasteiger partial charge in [-0.05, 0) is 30.7 Å². The van der Waals surface area contributed by atoms with Crippen LogP contribution < -0.4 is 10.1 Å². The molecule has 1 aromatic heterocycles. The van der Waals surface area contributed by atoms with Crippen molar-refractivity contribution in [1.82, 2.24) is 9.97 Å². The third-order valence-corrected chi connectivity index (χ3v) is 3.72. The second kappa shape index (κ2) is 6.79. The van der Waals surface area contributed by atoms with Crippen LogP contribution in [0.1, 0.15) is 20.3 Å². The number of aromatic nitrogens is 2. The van der Waals surface area contributed by atoms with Crippen molar-refractivity contribution in [2.75, 3.05) is 25.2 Å². The number of nitrogens with one attached hydrogen (secondary N) is 1. The maximum absolute atomic E-state index is 5.24. The zero-order valence-electron chi connectivity index (χ0n) is 12.4. The number of hydrogen-bond acceptors (Lipinski definition) is 5. The molecule has 0 radical (unpaired) electrons. The minimum absolute atomic E-state index is 0.675. The van der Waals surface area contributed by atoms with Gasteiger partial charge >= 0.3 is 0 Å². The number of fused-ring (bicyclic) bond motifs is 1. The molecule has 0 amide bonds. The van der Waals surface area contributed by atoms with Gasteiger partial charge < -0.3 is 10.1 Å². The lowest BCUT2D eigenvalue weighted by atomic mass is 10.1. The van der Waals surface area contributed by atoms with E-state index in [9.17, 15) is 0 Å². The van der Waals surface area contributed by atoms with Crippen LogP contribution in [0.2, 0.25) is 0 Å². The zero-order valence-corrected chi connectivity index (χ0v) is 13.3. The van der Waals surface area contributed by atoms with Crippen molar-refractivity contribution in [3.63, 3.8) is 0 Å². The van der Waals surface area contributed by atoms with Crippen LogP contribution in [0.5, 0.6) is 5.75 Å². The zero-order chi connectivity index (χ0) is 14.5. The highest BCUT2D eigenvalue weighted by molar-refractivity contribution is 7.98. The Morgan fingerprint density at radius 2 is 2.05 bits per heavy atom. The lowest BCUT2D eigenvalue weighted by Gasteiger charge is -2.11. The van der Waals surface area contributed by atoms with Gasteiger partial charge in [0, 0.05) is 12.6 Å². The number of anilines is 1. The van der Waals surface area contributed by atoms with E-state index in [4.69, 9.17) is 4.74 Å². The maximum Gasteiger partial charge on any atom is 0.159 e. The molecule has 1 N–H and O–H groups in total. The first-order valence-electron chi connectivity index (χ1n) is 6.77. The van der Waals surface area contributed by atoms with Gasteiger partial charge in [0.2, 0.25) is 0 Å². The molecule has 20 heavy (non-hydrogen) atoms. The van der Waals surface area contributed by atoms with Gasteiger partial charge in [0.05, 0.1) is 18.1 Å². The van der Waals surface area contributed by atoms with Gasteiger partial charge in [0.1, 0.15) is 10.8 Å². The molecule has 108 valence electrons. The Bertz CT molecular complexity index is 587. The van der Waals surface area contributed by atoms with Crippen LogP contribution in [0, 0.1) is 5.92 Å². The second-order valence-electron chi connectivity index (χ2n) is 5.05. The summed E-state index contributed by atoms with van der Waals surface area (Å²) in [4.78, 5) is 9.33. The molecule has 2 aromatic rings. The Hall–Kier alpha value is -1.49. The van der Waals surface area contributed by atoms with Crippen molar-refractivity contribution in [2.24, 2.45) is 5.92 Å². The summed E-state index contributed by atoms with van der Waals surface area (Å²) in [7, 11) is 1.66. The minimum atomic E-state index is 0.675. The Kier molecular flexibility index (Phi) is 5.06. The summed E-state index contributed by atoms with van der Waals surface area (Å²) in [5.74, 6) is 2.34. The summed E-state index contributed by atoms with van der Waals surface area (Å²) in [6.07, 6.45) is 3.14. The van der Waals surface area contributed by atoms with Gasteiger partial charge in [-0.3, -0.25) is 0 Å². The van der Waals surface area contributed by atoms with Gasteiger partial charge in [-0.25, -0.2) is 9.97 Å². The topological polar surface area (TPSA) is 47.0 Å². The van der Waals surface area contributed by atoms with Crippen molar-refractivity contribution in [1.29, 1.82) is 0 Å². The lowest BCUT2D eigenvalue weighted by molar-refractivity contribution is 0.415. The third kappa shape index (κ3) is 3.54. The summed E-state index contributed by atoms with van der Waals surface area (Å²) in [5, 5.41) is 4.33. The minimum Gasteiger partial charge on any atom is -0.497 e. The van der Waals surface area contributed by atoms with Crippen molar-refractivity contribution >= 4 is 28.6 Å². The number of hydrogen-bond donors (Lipinski definition) is 1. The Morgan fingerprint density at radius 1 is 1.25 bits per heavy atom. The van der Waals surface area contributed by atoms with Crippen molar-refractivity contribution in [3.8, 4) is 5.75 Å².